The molecule has 0 radical (unpaired) electrons. The van der Waals surface area contributed by atoms with Crippen LogP contribution in [0.3, 0.4) is 0 Å². The van der Waals surface area contributed by atoms with E-state index in [0.29, 0.717) is 13.2 Å². The second-order valence-corrected chi connectivity index (χ2v) is 4.59. The SMILES string of the molecule is CCOC(CN(C)CCN1CCCC1)C(=O)O. The van der Waals surface area contributed by atoms with E-state index >= 15 is 0 Å². The van der Waals surface area contributed by atoms with E-state index in [0.717, 1.165) is 13.1 Å². The van der Waals surface area contributed by atoms with Gasteiger partial charge in [-0.05, 0) is 39.9 Å². The molecule has 0 spiro atoms. The maximum Gasteiger partial charge on any atom is 0.334 e. The average Bonchev–Trinajstić information content (AvgIpc) is 2.78. The van der Waals surface area contributed by atoms with Crippen LogP contribution in [0.5, 0.6) is 0 Å². The smallest absolute Gasteiger partial charge is 0.334 e. The summed E-state index contributed by atoms with van der Waals surface area (Å²) in [5, 5.41) is 8.97. The maximum absolute atomic E-state index is 10.9. The van der Waals surface area contributed by atoms with E-state index in [9.17, 15) is 4.79 Å². The highest BCUT2D eigenvalue weighted by atomic mass is 16.5. The Balaban J connectivity index is 2.21. The predicted octanol–water partition coefficient (Wildman–Crippen LogP) is 0.504. The molecule has 0 saturated carbocycles. The molecule has 5 nitrogen and oxygen atoms in total. The zero-order valence-electron chi connectivity index (χ0n) is 10.9. The number of carbonyl (C=O) groups is 1. The number of likely N-dealkylation sites (tertiary alicyclic amines) is 1. The lowest BCUT2D eigenvalue weighted by atomic mass is 10.3. The Bertz CT molecular complexity index is 230. The van der Waals surface area contributed by atoms with Crippen molar-refractivity contribution in [1.82, 2.24) is 9.80 Å². The third-order valence-electron chi connectivity index (χ3n) is 3.12. The largest absolute Gasteiger partial charge is 0.479 e. The first-order valence-corrected chi connectivity index (χ1v) is 6.38. The van der Waals surface area contributed by atoms with Gasteiger partial charge in [0.25, 0.3) is 0 Å². The average molecular weight is 244 g/mol. The molecule has 0 aliphatic carbocycles. The summed E-state index contributed by atoms with van der Waals surface area (Å²) in [6, 6.07) is 0. The molecular weight excluding hydrogens is 220 g/mol. The Kier molecular flexibility index (Phi) is 6.47. The molecule has 1 atom stereocenters. The second kappa shape index (κ2) is 7.63. The number of carboxylic acid groups (broad SMARTS) is 1. The standard InChI is InChI=1S/C12H24N2O3/c1-3-17-11(12(15)16)10-13(2)8-9-14-6-4-5-7-14/h11H,3-10H2,1-2H3,(H,15,16). The number of likely N-dealkylation sites (N-methyl/N-ethyl adjacent to an activating group) is 1. The Morgan fingerprint density at radius 2 is 2.12 bits per heavy atom. The van der Waals surface area contributed by atoms with Crippen LogP contribution in [0.1, 0.15) is 19.8 Å². The summed E-state index contributed by atoms with van der Waals surface area (Å²) in [5.74, 6) is -0.875. The highest BCUT2D eigenvalue weighted by Gasteiger charge is 2.20. The van der Waals surface area contributed by atoms with E-state index in [2.05, 4.69) is 4.90 Å². The van der Waals surface area contributed by atoms with Crippen molar-refractivity contribution in [2.24, 2.45) is 0 Å². The van der Waals surface area contributed by atoms with Crippen LogP contribution in [0.4, 0.5) is 0 Å². The molecule has 0 aromatic rings. The summed E-state index contributed by atoms with van der Waals surface area (Å²) < 4.78 is 5.19. The van der Waals surface area contributed by atoms with E-state index in [4.69, 9.17) is 9.84 Å². The molecule has 1 heterocycles. The number of carboxylic acids is 1. The van der Waals surface area contributed by atoms with Crippen molar-refractivity contribution in [2.75, 3.05) is 46.4 Å². The van der Waals surface area contributed by atoms with Gasteiger partial charge in [0, 0.05) is 26.2 Å². The van der Waals surface area contributed by atoms with Gasteiger partial charge in [-0.15, -0.1) is 0 Å². The lowest BCUT2D eigenvalue weighted by molar-refractivity contribution is -0.151. The van der Waals surface area contributed by atoms with Crippen LogP contribution < -0.4 is 0 Å². The molecule has 1 saturated heterocycles. The third-order valence-corrected chi connectivity index (χ3v) is 3.12. The molecule has 1 aliphatic rings. The highest BCUT2D eigenvalue weighted by Crippen LogP contribution is 2.06. The quantitative estimate of drug-likeness (QED) is 0.674. The molecule has 0 bridgehead atoms. The summed E-state index contributed by atoms with van der Waals surface area (Å²) in [7, 11) is 1.95. The van der Waals surface area contributed by atoms with Crippen LogP contribution in [0, 0.1) is 0 Å². The minimum atomic E-state index is -0.875. The van der Waals surface area contributed by atoms with Crippen molar-refractivity contribution < 1.29 is 14.6 Å². The first-order valence-electron chi connectivity index (χ1n) is 6.38. The molecule has 5 heteroatoms. The third kappa shape index (κ3) is 5.48. The van der Waals surface area contributed by atoms with Gasteiger partial charge in [0.1, 0.15) is 0 Å². The Hall–Kier alpha value is -0.650. The molecular formula is C12H24N2O3. The summed E-state index contributed by atoms with van der Waals surface area (Å²) in [4.78, 5) is 15.4. The van der Waals surface area contributed by atoms with Gasteiger partial charge < -0.3 is 19.6 Å². The van der Waals surface area contributed by atoms with Gasteiger partial charge in [-0.25, -0.2) is 4.79 Å². The summed E-state index contributed by atoms with van der Waals surface area (Å²) in [5.41, 5.74) is 0. The maximum atomic E-state index is 10.9. The number of ether oxygens (including phenoxy) is 1. The number of nitrogens with zero attached hydrogens (tertiary/aromatic N) is 2. The van der Waals surface area contributed by atoms with Gasteiger partial charge in [-0.2, -0.15) is 0 Å². The Morgan fingerprint density at radius 1 is 1.47 bits per heavy atom. The molecule has 1 unspecified atom stereocenters. The number of rotatable bonds is 8. The minimum absolute atomic E-state index is 0.441. The van der Waals surface area contributed by atoms with Crippen LogP contribution in [-0.4, -0.2) is 73.4 Å². The molecule has 1 aliphatic heterocycles. The van der Waals surface area contributed by atoms with Crippen LogP contribution in [0.15, 0.2) is 0 Å². The van der Waals surface area contributed by atoms with Gasteiger partial charge in [-0.3, -0.25) is 0 Å². The molecule has 1 fully saturated rings. The van der Waals surface area contributed by atoms with Crippen molar-refractivity contribution in [3.8, 4) is 0 Å². The van der Waals surface area contributed by atoms with Gasteiger partial charge in [0.2, 0.25) is 0 Å². The lowest BCUT2D eigenvalue weighted by Gasteiger charge is -2.23. The zero-order valence-corrected chi connectivity index (χ0v) is 10.9. The van der Waals surface area contributed by atoms with E-state index in [1.165, 1.54) is 25.9 Å². The van der Waals surface area contributed by atoms with Crippen LogP contribution in [-0.2, 0) is 9.53 Å². The van der Waals surface area contributed by atoms with E-state index in [1.807, 2.05) is 18.9 Å². The predicted molar refractivity (Wildman–Crippen MR) is 66.2 cm³/mol. The van der Waals surface area contributed by atoms with Crippen molar-refractivity contribution in [1.29, 1.82) is 0 Å². The summed E-state index contributed by atoms with van der Waals surface area (Å²) >= 11 is 0. The van der Waals surface area contributed by atoms with Crippen LogP contribution in [0.2, 0.25) is 0 Å². The molecule has 0 aromatic carbocycles. The normalized spacial score (nSPS) is 18.8. The highest BCUT2D eigenvalue weighted by molar-refractivity contribution is 5.72. The molecule has 17 heavy (non-hydrogen) atoms. The van der Waals surface area contributed by atoms with Gasteiger partial charge in [0.05, 0.1) is 0 Å². The van der Waals surface area contributed by atoms with Crippen molar-refractivity contribution in [2.45, 2.75) is 25.9 Å². The molecule has 0 amide bonds. The number of hydrogen-bond donors (Lipinski definition) is 1. The van der Waals surface area contributed by atoms with Crippen molar-refractivity contribution in [3.05, 3.63) is 0 Å². The summed E-state index contributed by atoms with van der Waals surface area (Å²) in [6.45, 7) is 7.00. The molecule has 1 N–H and O–H groups in total. The van der Waals surface area contributed by atoms with Gasteiger partial charge >= 0.3 is 5.97 Å². The number of aliphatic carboxylic acids is 1. The first kappa shape index (κ1) is 14.4. The first-order chi connectivity index (χ1) is 8.13. The Labute approximate surface area is 103 Å². The van der Waals surface area contributed by atoms with Gasteiger partial charge in [-0.1, -0.05) is 0 Å². The monoisotopic (exact) mass is 244 g/mol. The zero-order chi connectivity index (χ0) is 12.7. The fraction of sp³-hybridized carbons (Fsp3) is 0.917. The molecule has 100 valence electrons. The number of hydrogen-bond acceptors (Lipinski definition) is 4. The fourth-order valence-corrected chi connectivity index (χ4v) is 2.10. The topological polar surface area (TPSA) is 53.0 Å². The van der Waals surface area contributed by atoms with Crippen molar-refractivity contribution >= 4 is 5.97 Å². The van der Waals surface area contributed by atoms with E-state index in [-0.39, 0.29) is 0 Å². The molecule has 0 aromatic heterocycles. The molecule has 1 rings (SSSR count). The van der Waals surface area contributed by atoms with E-state index < -0.39 is 12.1 Å². The fourth-order valence-electron chi connectivity index (χ4n) is 2.10. The van der Waals surface area contributed by atoms with Gasteiger partial charge in [0.15, 0.2) is 6.10 Å². The second-order valence-electron chi connectivity index (χ2n) is 4.59. The lowest BCUT2D eigenvalue weighted by Crippen LogP contribution is -2.40. The summed E-state index contributed by atoms with van der Waals surface area (Å²) in [6.07, 6.45) is 1.88. The van der Waals surface area contributed by atoms with E-state index in [1.54, 1.807) is 0 Å². The van der Waals surface area contributed by atoms with Crippen molar-refractivity contribution in [3.63, 3.8) is 0 Å². The van der Waals surface area contributed by atoms with Crippen LogP contribution in [0.25, 0.3) is 0 Å². The Morgan fingerprint density at radius 3 is 2.65 bits per heavy atom. The van der Waals surface area contributed by atoms with Crippen LogP contribution >= 0.6 is 0 Å². The minimum Gasteiger partial charge on any atom is -0.479 e.